The molecule has 0 spiro atoms. The zero-order chi connectivity index (χ0) is 18.4. The van der Waals surface area contributed by atoms with Gasteiger partial charge in [-0.1, -0.05) is 35.5 Å². The zero-order valence-corrected chi connectivity index (χ0v) is 16.2. The van der Waals surface area contributed by atoms with Crippen molar-refractivity contribution in [2.24, 2.45) is 0 Å². The van der Waals surface area contributed by atoms with Gasteiger partial charge in [-0.15, -0.1) is 28.1 Å². The Balaban J connectivity index is 1.59. The van der Waals surface area contributed by atoms with E-state index in [1.807, 2.05) is 29.6 Å². The number of benzene rings is 1. The molecule has 3 aromatic rings. The number of aromatic nitrogens is 2. The lowest BCUT2D eigenvalue weighted by Crippen LogP contribution is -2.31. The highest BCUT2D eigenvalue weighted by Crippen LogP contribution is 2.24. The number of halogens is 1. The topological polar surface area (TPSA) is 59.2 Å². The summed E-state index contributed by atoms with van der Waals surface area (Å²) < 4.78 is 5.61. The molecule has 0 aliphatic rings. The van der Waals surface area contributed by atoms with Crippen molar-refractivity contribution in [3.05, 3.63) is 64.3 Å². The maximum atomic E-state index is 12.5. The number of rotatable bonds is 8. The minimum absolute atomic E-state index is 0.00505. The van der Waals surface area contributed by atoms with Crippen LogP contribution in [0.2, 0.25) is 5.02 Å². The van der Waals surface area contributed by atoms with Crippen LogP contribution in [0.5, 0.6) is 0 Å². The highest BCUT2D eigenvalue weighted by molar-refractivity contribution is 7.99. The molecule has 1 aromatic carbocycles. The number of carbonyl (C=O) groups excluding carboxylic acids is 1. The van der Waals surface area contributed by atoms with Gasteiger partial charge in [-0.2, -0.15) is 0 Å². The normalized spacial score (nSPS) is 10.7. The van der Waals surface area contributed by atoms with Gasteiger partial charge in [0, 0.05) is 22.0 Å². The minimum Gasteiger partial charge on any atom is -0.411 e. The summed E-state index contributed by atoms with van der Waals surface area (Å²) in [6.45, 7) is 4.80. The van der Waals surface area contributed by atoms with Crippen LogP contribution < -0.4 is 0 Å². The minimum atomic E-state index is -0.00505. The van der Waals surface area contributed by atoms with Gasteiger partial charge in [-0.25, -0.2) is 0 Å². The molecule has 2 heterocycles. The van der Waals surface area contributed by atoms with Crippen molar-refractivity contribution in [3.63, 3.8) is 0 Å². The molecule has 0 atom stereocenters. The van der Waals surface area contributed by atoms with Crippen molar-refractivity contribution in [1.82, 2.24) is 15.1 Å². The third-order valence-corrected chi connectivity index (χ3v) is 5.36. The van der Waals surface area contributed by atoms with Gasteiger partial charge >= 0.3 is 0 Å². The first-order chi connectivity index (χ1) is 12.7. The molecule has 0 saturated heterocycles. The van der Waals surface area contributed by atoms with Crippen LogP contribution in [0.4, 0.5) is 0 Å². The zero-order valence-electron chi connectivity index (χ0n) is 13.8. The van der Waals surface area contributed by atoms with Gasteiger partial charge in [0.1, 0.15) is 0 Å². The Morgan fingerprint density at radius 2 is 2.12 bits per heavy atom. The van der Waals surface area contributed by atoms with Gasteiger partial charge in [-0.05, 0) is 35.7 Å². The molecular formula is C18H16ClN3O2S2. The fourth-order valence-corrected chi connectivity index (χ4v) is 3.70. The van der Waals surface area contributed by atoms with Gasteiger partial charge in [0.05, 0.1) is 12.3 Å². The summed E-state index contributed by atoms with van der Waals surface area (Å²) in [6, 6.07) is 11.1. The van der Waals surface area contributed by atoms with Crippen LogP contribution in [0.25, 0.3) is 11.5 Å². The molecule has 0 N–H and O–H groups in total. The van der Waals surface area contributed by atoms with Crippen LogP contribution in [0.3, 0.4) is 0 Å². The molecule has 8 heteroatoms. The predicted molar refractivity (Wildman–Crippen MR) is 105 cm³/mol. The second-order valence-corrected chi connectivity index (χ2v) is 7.71. The lowest BCUT2D eigenvalue weighted by molar-refractivity contribution is -0.128. The standard InChI is InChI=1S/C18H16ClN3O2S2/c1-2-9-22(11-15-4-3-10-25-15)16(23)12-26-18-21-20-17(24-18)13-5-7-14(19)8-6-13/h2-8,10H,1,9,11-12H2. The Bertz CT molecular complexity index is 863. The summed E-state index contributed by atoms with van der Waals surface area (Å²) in [5.74, 6) is 0.620. The van der Waals surface area contributed by atoms with E-state index in [1.54, 1.807) is 34.4 Å². The molecule has 0 bridgehead atoms. The second-order valence-electron chi connectivity index (χ2n) is 5.31. The summed E-state index contributed by atoms with van der Waals surface area (Å²) in [7, 11) is 0. The Kier molecular flexibility index (Phi) is 6.49. The number of amides is 1. The number of hydrogen-bond acceptors (Lipinski definition) is 6. The summed E-state index contributed by atoms with van der Waals surface area (Å²) in [5, 5.41) is 11.0. The second kappa shape index (κ2) is 9.02. The van der Waals surface area contributed by atoms with Crippen LogP contribution in [-0.4, -0.2) is 33.3 Å². The quantitative estimate of drug-likeness (QED) is 0.399. The van der Waals surface area contributed by atoms with Crippen LogP contribution in [-0.2, 0) is 11.3 Å². The van der Waals surface area contributed by atoms with Gasteiger partial charge < -0.3 is 9.32 Å². The SMILES string of the molecule is C=CCN(Cc1cccs1)C(=O)CSc1nnc(-c2ccc(Cl)cc2)o1. The van der Waals surface area contributed by atoms with E-state index in [1.165, 1.54) is 11.8 Å². The van der Waals surface area contributed by atoms with E-state index in [-0.39, 0.29) is 11.7 Å². The Labute approximate surface area is 164 Å². The maximum absolute atomic E-state index is 12.5. The van der Waals surface area contributed by atoms with Crippen LogP contribution in [0.1, 0.15) is 4.88 Å². The van der Waals surface area contributed by atoms with Crippen molar-refractivity contribution in [3.8, 4) is 11.5 Å². The van der Waals surface area contributed by atoms with E-state index < -0.39 is 0 Å². The summed E-state index contributed by atoms with van der Waals surface area (Å²) in [4.78, 5) is 15.4. The van der Waals surface area contributed by atoms with E-state index in [0.717, 1.165) is 10.4 Å². The van der Waals surface area contributed by atoms with Crippen LogP contribution in [0, 0.1) is 0 Å². The lowest BCUT2D eigenvalue weighted by Gasteiger charge is -2.19. The van der Waals surface area contributed by atoms with Crippen molar-refractivity contribution in [2.75, 3.05) is 12.3 Å². The largest absolute Gasteiger partial charge is 0.411 e. The van der Waals surface area contributed by atoms with Gasteiger partial charge in [-0.3, -0.25) is 4.79 Å². The van der Waals surface area contributed by atoms with Crippen LogP contribution >= 0.6 is 34.7 Å². The Morgan fingerprint density at radius 1 is 1.31 bits per heavy atom. The predicted octanol–water partition coefficient (Wildman–Crippen LogP) is 4.76. The van der Waals surface area contributed by atoms with Crippen molar-refractivity contribution in [1.29, 1.82) is 0 Å². The first-order valence-corrected chi connectivity index (χ1v) is 10.0. The average molecular weight is 406 g/mol. The molecule has 0 saturated carbocycles. The Morgan fingerprint density at radius 3 is 2.81 bits per heavy atom. The molecule has 0 fully saturated rings. The van der Waals surface area contributed by atoms with Crippen LogP contribution in [0.15, 0.2) is 64.1 Å². The molecule has 3 rings (SSSR count). The van der Waals surface area contributed by atoms with Crippen molar-refractivity contribution < 1.29 is 9.21 Å². The van der Waals surface area contributed by atoms with Gasteiger partial charge in [0.2, 0.25) is 11.8 Å². The highest BCUT2D eigenvalue weighted by Gasteiger charge is 2.16. The number of thiophene rings is 1. The van der Waals surface area contributed by atoms with E-state index in [2.05, 4.69) is 16.8 Å². The van der Waals surface area contributed by atoms with Gasteiger partial charge in [0.25, 0.3) is 5.22 Å². The number of hydrogen-bond donors (Lipinski definition) is 0. The molecule has 0 unspecified atom stereocenters. The molecule has 2 aromatic heterocycles. The smallest absolute Gasteiger partial charge is 0.277 e. The molecule has 1 amide bonds. The van der Waals surface area contributed by atoms with E-state index in [9.17, 15) is 4.79 Å². The highest BCUT2D eigenvalue weighted by atomic mass is 35.5. The molecular weight excluding hydrogens is 390 g/mol. The number of nitrogens with zero attached hydrogens (tertiary/aromatic N) is 3. The molecule has 134 valence electrons. The molecule has 26 heavy (non-hydrogen) atoms. The van der Waals surface area contributed by atoms with Crippen molar-refractivity contribution >= 4 is 40.6 Å². The molecule has 0 radical (unpaired) electrons. The lowest BCUT2D eigenvalue weighted by atomic mass is 10.2. The number of thioether (sulfide) groups is 1. The Hall–Kier alpha value is -2.09. The summed E-state index contributed by atoms with van der Waals surface area (Å²) in [5.41, 5.74) is 0.783. The first-order valence-electron chi connectivity index (χ1n) is 7.79. The first kappa shape index (κ1) is 18.7. The summed E-state index contributed by atoms with van der Waals surface area (Å²) >= 11 is 8.73. The molecule has 5 nitrogen and oxygen atoms in total. The fourth-order valence-electron chi connectivity index (χ4n) is 2.19. The van der Waals surface area contributed by atoms with E-state index in [0.29, 0.717) is 29.2 Å². The van der Waals surface area contributed by atoms with E-state index in [4.69, 9.17) is 16.0 Å². The fraction of sp³-hybridized carbons (Fsp3) is 0.167. The van der Waals surface area contributed by atoms with Gasteiger partial charge in [0.15, 0.2) is 0 Å². The maximum Gasteiger partial charge on any atom is 0.277 e. The summed E-state index contributed by atoms with van der Waals surface area (Å²) in [6.07, 6.45) is 1.72. The molecule has 0 aliphatic heterocycles. The van der Waals surface area contributed by atoms with E-state index >= 15 is 0 Å². The van der Waals surface area contributed by atoms with Crippen molar-refractivity contribution in [2.45, 2.75) is 11.8 Å². The third kappa shape index (κ3) is 4.97. The molecule has 0 aliphatic carbocycles. The third-order valence-electron chi connectivity index (χ3n) is 3.45. The number of carbonyl (C=O) groups is 1. The average Bonchev–Trinajstić information content (AvgIpc) is 3.32. The monoisotopic (exact) mass is 405 g/mol.